The van der Waals surface area contributed by atoms with Crippen molar-refractivity contribution in [1.29, 1.82) is 0 Å². The number of esters is 1. The van der Waals surface area contributed by atoms with Crippen LogP contribution in [0.5, 0.6) is 11.5 Å². The van der Waals surface area contributed by atoms with Crippen LogP contribution in [0, 0.1) is 0 Å². The van der Waals surface area contributed by atoms with Crippen molar-refractivity contribution in [2.75, 3.05) is 7.11 Å². The number of hydrogen-bond acceptors (Lipinski definition) is 5. The molecule has 1 amide bonds. The van der Waals surface area contributed by atoms with E-state index in [1.165, 1.54) is 13.2 Å². The number of methoxy groups -OCH3 is 1. The number of phenols is 1. The maximum Gasteiger partial charge on any atom is 0.415 e. The van der Waals surface area contributed by atoms with Crippen molar-refractivity contribution in [1.82, 2.24) is 5.32 Å². The lowest BCUT2D eigenvalue weighted by molar-refractivity contribution is -0.137. The van der Waals surface area contributed by atoms with E-state index in [1.54, 1.807) is 12.1 Å². The number of carbonyl (C=O) groups excluding carboxylic acids is 2. The molecular weight excluding hydrogens is 250 g/mol. The summed E-state index contributed by atoms with van der Waals surface area (Å²) in [5.74, 6) is -0.218. The summed E-state index contributed by atoms with van der Waals surface area (Å²) < 4.78 is 9.46. The SMILES string of the molecule is CCCC(=O)OC(=O)NCc1ccc(O)c(OC)c1. The lowest BCUT2D eigenvalue weighted by Crippen LogP contribution is -2.26. The Morgan fingerprint density at radius 2 is 2.11 bits per heavy atom. The minimum atomic E-state index is -0.787. The molecule has 0 fully saturated rings. The third kappa shape index (κ3) is 4.87. The Hall–Kier alpha value is -2.24. The van der Waals surface area contributed by atoms with E-state index in [0.29, 0.717) is 12.2 Å². The fourth-order valence-electron chi connectivity index (χ4n) is 1.40. The Bertz CT molecular complexity index is 458. The summed E-state index contributed by atoms with van der Waals surface area (Å²) in [4.78, 5) is 22.4. The molecule has 0 aromatic heterocycles. The first kappa shape index (κ1) is 14.8. The highest BCUT2D eigenvalue weighted by molar-refractivity contribution is 5.84. The van der Waals surface area contributed by atoms with Crippen LogP contribution in [0.4, 0.5) is 4.79 Å². The van der Waals surface area contributed by atoms with E-state index in [4.69, 9.17) is 4.74 Å². The fraction of sp³-hybridized carbons (Fsp3) is 0.385. The van der Waals surface area contributed by atoms with Crippen LogP contribution in [0.25, 0.3) is 0 Å². The van der Waals surface area contributed by atoms with Crippen molar-refractivity contribution in [2.24, 2.45) is 0 Å². The van der Waals surface area contributed by atoms with E-state index in [0.717, 1.165) is 5.56 Å². The summed E-state index contributed by atoms with van der Waals surface area (Å²) in [5, 5.41) is 11.8. The standard InChI is InChI=1S/C13H17NO5/c1-3-4-12(16)19-13(17)14-8-9-5-6-10(15)11(7-9)18-2/h5-7,15H,3-4,8H2,1-2H3,(H,14,17). The van der Waals surface area contributed by atoms with Gasteiger partial charge in [0, 0.05) is 13.0 Å². The highest BCUT2D eigenvalue weighted by atomic mass is 16.6. The molecule has 0 aliphatic carbocycles. The highest BCUT2D eigenvalue weighted by Crippen LogP contribution is 2.26. The molecule has 0 saturated carbocycles. The molecule has 1 aromatic carbocycles. The molecule has 2 N–H and O–H groups in total. The number of benzene rings is 1. The van der Waals surface area contributed by atoms with Crippen molar-refractivity contribution >= 4 is 12.1 Å². The van der Waals surface area contributed by atoms with Crippen LogP contribution in [0.1, 0.15) is 25.3 Å². The molecular formula is C13H17NO5. The zero-order chi connectivity index (χ0) is 14.3. The molecule has 0 unspecified atom stereocenters. The number of nitrogens with one attached hydrogen (secondary N) is 1. The van der Waals surface area contributed by atoms with E-state index >= 15 is 0 Å². The van der Waals surface area contributed by atoms with Crippen LogP contribution in [-0.2, 0) is 16.1 Å². The average Bonchev–Trinajstić information content (AvgIpc) is 2.38. The van der Waals surface area contributed by atoms with Crippen LogP contribution in [0.2, 0.25) is 0 Å². The minimum absolute atomic E-state index is 0.0203. The molecule has 0 saturated heterocycles. The zero-order valence-electron chi connectivity index (χ0n) is 10.9. The molecule has 19 heavy (non-hydrogen) atoms. The summed E-state index contributed by atoms with van der Waals surface area (Å²) in [5.41, 5.74) is 0.717. The third-order valence-electron chi connectivity index (χ3n) is 2.34. The first-order valence-corrected chi connectivity index (χ1v) is 5.91. The number of alkyl carbamates (subject to hydrolysis) is 1. The second-order valence-corrected chi connectivity index (χ2v) is 3.87. The first-order chi connectivity index (χ1) is 9.06. The largest absolute Gasteiger partial charge is 0.504 e. The van der Waals surface area contributed by atoms with Crippen molar-refractivity contribution < 1.29 is 24.2 Å². The highest BCUT2D eigenvalue weighted by Gasteiger charge is 2.09. The van der Waals surface area contributed by atoms with Gasteiger partial charge in [-0.1, -0.05) is 13.0 Å². The molecule has 0 spiro atoms. The Morgan fingerprint density at radius 3 is 2.74 bits per heavy atom. The normalized spacial score (nSPS) is 9.79. The molecule has 0 aliphatic rings. The number of phenolic OH excluding ortho intramolecular Hbond substituents is 1. The van der Waals surface area contributed by atoms with Gasteiger partial charge in [0.2, 0.25) is 0 Å². The smallest absolute Gasteiger partial charge is 0.415 e. The third-order valence-corrected chi connectivity index (χ3v) is 2.34. The van der Waals surface area contributed by atoms with E-state index in [1.807, 2.05) is 6.92 Å². The summed E-state index contributed by atoms with van der Waals surface area (Å²) in [6, 6.07) is 4.68. The van der Waals surface area contributed by atoms with Crippen LogP contribution in [0.3, 0.4) is 0 Å². The predicted octanol–water partition coefficient (Wildman–Crippen LogP) is 1.95. The second kappa shape index (κ2) is 7.25. The van der Waals surface area contributed by atoms with Gasteiger partial charge in [0.05, 0.1) is 7.11 Å². The van der Waals surface area contributed by atoms with E-state index in [9.17, 15) is 14.7 Å². The van der Waals surface area contributed by atoms with Gasteiger partial charge < -0.3 is 19.9 Å². The summed E-state index contributed by atoms with van der Waals surface area (Å²) >= 11 is 0. The maximum atomic E-state index is 11.3. The topological polar surface area (TPSA) is 84.9 Å². The average molecular weight is 267 g/mol. The summed E-state index contributed by atoms with van der Waals surface area (Å²) in [6.45, 7) is 2.00. The van der Waals surface area contributed by atoms with Gasteiger partial charge in [0.25, 0.3) is 0 Å². The Morgan fingerprint density at radius 1 is 1.37 bits per heavy atom. The van der Waals surface area contributed by atoms with Gasteiger partial charge in [-0.2, -0.15) is 0 Å². The van der Waals surface area contributed by atoms with Crippen LogP contribution < -0.4 is 10.1 Å². The molecule has 0 atom stereocenters. The molecule has 0 bridgehead atoms. The monoisotopic (exact) mass is 267 g/mol. The number of hydrogen-bond donors (Lipinski definition) is 2. The van der Waals surface area contributed by atoms with Crippen LogP contribution in [0.15, 0.2) is 18.2 Å². The van der Waals surface area contributed by atoms with Crippen LogP contribution >= 0.6 is 0 Å². The lowest BCUT2D eigenvalue weighted by Gasteiger charge is -2.08. The Kier molecular flexibility index (Phi) is 5.66. The molecule has 1 rings (SSSR count). The molecule has 0 aliphatic heterocycles. The Labute approximate surface area is 111 Å². The van der Waals surface area contributed by atoms with Crippen molar-refractivity contribution in [3.05, 3.63) is 23.8 Å². The minimum Gasteiger partial charge on any atom is -0.504 e. The number of aromatic hydroxyl groups is 1. The van der Waals surface area contributed by atoms with Gasteiger partial charge in [-0.15, -0.1) is 0 Å². The molecule has 6 nitrogen and oxygen atoms in total. The zero-order valence-corrected chi connectivity index (χ0v) is 10.9. The van der Waals surface area contributed by atoms with Crippen molar-refractivity contribution in [2.45, 2.75) is 26.3 Å². The molecule has 0 heterocycles. The van der Waals surface area contributed by atoms with E-state index in [-0.39, 0.29) is 18.7 Å². The van der Waals surface area contributed by atoms with Gasteiger partial charge in [0.15, 0.2) is 11.5 Å². The van der Waals surface area contributed by atoms with Gasteiger partial charge in [-0.3, -0.25) is 4.79 Å². The first-order valence-electron chi connectivity index (χ1n) is 5.91. The van der Waals surface area contributed by atoms with Crippen molar-refractivity contribution in [3.8, 4) is 11.5 Å². The van der Waals surface area contributed by atoms with E-state index in [2.05, 4.69) is 10.1 Å². The molecule has 1 aromatic rings. The van der Waals surface area contributed by atoms with Gasteiger partial charge in [0.1, 0.15) is 0 Å². The molecule has 0 radical (unpaired) electrons. The van der Waals surface area contributed by atoms with Crippen LogP contribution in [-0.4, -0.2) is 24.3 Å². The second-order valence-electron chi connectivity index (χ2n) is 3.87. The number of amides is 1. The molecule has 104 valence electrons. The van der Waals surface area contributed by atoms with Crippen molar-refractivity contribution in [3.63, 3.8) is 0 Å². The fourth-order valence-corrected chi connectivity index (χ4v) is 1.40. The van der Waals surface area contributed by atoms with E-state index < -0.39 is 12.1 Å². The van der Waals surface area contributed by atoms with Gasteiger partial charge in [-0.25, -0.2) is 4.79 Å². The lowest BCUT2D eigenvalue weighted by atomic mass is 10.2. The number of rotatable bonds is 5. The van der Waals surface area contributed by atoms with Gasteiger partial charge in [-0.05, 0) is 24.1 Å². The summed E-state index contributed by atoms with van der Waals surface area (Å²) in [6.07, 6.45) is 0.0485. The molecule has 6 heteroatoms. The number of carbonyl (C=O) groups is 2. The number of ether oxygens (including phenoxy) is 2. The Balaban J connectivity index is 2.48. The quantitative estimate of drug-likeness (QED) is 0.629. The maximum absolute atomic E-state index is 11.3. The summed E-state index contributed by atoms with van der Waals surface area (Å²) in [7, 11) is 1.43. The predicted molar refractivity (Wildman–Crippen MR) is 67.9 cm³/mol. The van der Waals surface area contributed by atoms with Gasteiger partial charge >= 0.3 is 12.1 Å².